The minimum atomic E-state index is -0.570. The first-order valence-electron chi connectivity index (χ1n) is 16.5. The number of aromatic nitrogens is 1. The van der Waals surface area contributed by atoms with Gasteiger partial charge in [0.05, 0.1) is 12.7 Å². The maximum atomic E-state index is 12.3. The Morgan fingerprint density at radius 1 is 0.762 bits per heavy atom. The first kappa shape index (κ1) is 40.4. The van der Waals surface area contributed by atoms with E-state index in [1.54, 1.807) is 0 Å². The molecule has 1 unspecified atom stereocenters. The molecule has 0 saturated heterocycles. The van der Waals surface area contributed by atoms with E-state index in [2.05, 4.69) is 17.6 Å². The maximum absolute atomic E-state index is 12.3. The van der Waals surface area contributed by atoms with E-state index in [1.165, 1.54) is 89.9 Å². The van der Waals surface area contributed by atoms with E-state index in [9.17, 15) is 9.59 Å². The Morgan fingerprint density at radius 2 is 1.26 bits per heavy atom. The number of pyridine rings is 1. The van der Waals surface area contributed by atoms with Gasteiger partial charge in [-0.25, -0.2) is 9.36 Å². The van der Waals surface area contributed by atoms with Crippen molar-refractivity contribution in [3.05, 3.63) is 23.9 Å². The monoisotopic (exact) mass is 705 g/mol. The van der Waals surface area contributed by atoms with Gasteiger partial charge < -0.3 is 43.5 Å². The molecule has 0 bridgehead atoms. The van der Waals surface area contributed by atoms with E-state index in [0.717, 1.165) is 24.9 Å². The van der Waals surface area contributed by atoms with Crippen LogP contribution in [0.15, 0.2) is 18.3 Å². The van der Waals surface area contributed by atoms with Crippen molar-refractivity contribution in [3.8, 4) is 0 Å². The van der Waals surface area contributed by atoms with Gasteiger partial charge in [-0.2, -0.15) is 10.1 Å². The number of hydrogen-bond donors (Lipinski definition) is 2. The van der Waals surface area contributed by atoms with E-state index < -0.39 is 18.3 Å². The van der Waals surface area contributed by atoms with E-state index in [0.29, 0.717) is 19.0 Å². The van der Waals surface area contributed by atoms with E-state index in [-0.39, 0.29) is 37.2 Å². The maximum Gasteiger partial charge on any atom is 0.504 e. The molecule has 244 valence electrons. The number of nitrogens with one attached hydrogen (secondary N) is 2. The minimum Gasteiger partial charge on any atom is -1.00 e. The molecule has 1 heterocycles. The lowest BCUT2D eigenvalue weighted by Gasteiger charge is -2.17. The Bertz CT molecular complexity index is 812. The largest absolute Gasteiger partial charge is 1.00 e. The number of ether oxygens (including phenoxy) is 3. The average Bonchev–Trinajstić information content (AvgIpc) is 2.97. The second-order valence-corrected chi connectivity index (χ2v) is 11.0. The molecule has 9 heteroatoms. The highest BCUT2D eigenvalue weighted by Gasteiger charge is 2.20. The van der Waals surface area contributed by atoms with Crippen LogP contribution in [0.25, 0.3) is 0 Å². The summed E-state index contributed by atoms with van der Waals surface area (Å²) >= 11 is 0. The quantitative estimate of drug-likeness (QED) is 0.0825. The van der Waals surface area contributed by atoms with Gasteiger partial charge in [0.1, 0.15) is 19.3 Å². The lowest BCUT2D eigenvalue weighted by Crippen LogP contribution is -3.00. The van der Waals surface area contributed by atoms with Crippen LogP contribution in [0.4, 0.5) is 15.4 Å². The number of unbranched alkanes of at least 4 members (excludes halogenated alkanes) is 15. The third-order valence-corrected chi connectivity index (χ3v) is 7.34. The summed E-state index contributed by atoms with van der Waals surface area (Å²) in [4.78, 5) is 24.4. The van der Waals surface area contributed by atoms with Gasteiger partial charge in [-0.15, -0.1) is 0 Å². The normalized spacial score (nSPS) is 11.4. The summed E-state index contributed by atoms with van der Waals surface area (Å²) in [5.74, 6) is 0.692. The summed E-state index contributed by atoms with van der Waals surface area (Å²) in [5.41, 5.74) is 0.942. The highest BCUT2D eigenvalue weighted by atomic mass is 127. The summed E-state index contributed by atoms with van der Waals surface area (Å²) in [6.45, 7) is 9.81. The molecule has 0 aliphatic heterocycles. The molecule has 0 radical (unpaired) electrons. The van der Waals surface area contributed by atoms with Crippen LogP contribution >= 0.6 is 0 Å². The zero-order valence-corrected chi connectivity index (χ0v) is 29.2. The van der Waals surface area contributed by atoms with Crippen LogP contribution in [0.1, 0.15) is 129 Å². The number of aryl methyl sites for hydroxylation is 2. The van der Waals surface area contributed by atoms with Gasteiger partial charge in [0.25, 0.3) is 5.82 Å². The standard InChI is InChI=1S/C33H59N3O5.HI/c1-5-8-9-10-11-12-13-14-15-16-17-18-19-20-21-22-25-34-32(37)40-27-30(39-7-3)28-41-33(38)35-31-29(4)24-23-26-36(31)6-2;/h23-24,26,30H,5-22,25,27-28H2,1-4H3,(H,34,37);1H. The molecular weight excluding hydrogens is 645 g/mol. The first-order chi connectivity index (χ1) is 20.0. The molecule has 0 aliphatic carbocycles. The number of halogens is 1. The number of hydrogen-bond acceptors (Lipinski definition) is 5. The molecule has 0 saturated carbocycles. The Balaban J connectivity index is 0.0000168. The molecule has 1 rings (SSSR count). The van der Waals surface area contributed by atoms with Crippen LogP contribution in [-0.2, 0) is 20.8 Å². The van der Waals surface area contributed by atoms with E-state index >= 15 is 0 Å². The van der Waals surface area contributed by atoms with Gasteiger partial charge in [-0.3, -0.25) is 0 Å². The predicted molar refractivity (Wildman–Crippen MR) is 166 cm³/mol. The van der Waals surface area contributed by atoms with Crippen LogP contribution in [-0.4, -0.2) is 44.7 Å². The lowest BCUT2D eigenvalue weighted by molar-refractivity contribution is -0.679. The fourth-order valence-corrected chi connectivity index (χ4v) is 4.87. The highest BCUT2D eigenvalue weighted by Crippen LogP contribution is 2.14. The van der Waals surface area contributed by atoms with Crippen molar-refractivity contribution in [2.75, 3.05) is 31.7 Å². The lowest BCUT2D eigenvalue weighted by atomic mass is 10.0. The number of amides is 2. The van der Waals surface area contributed by atoms with Crippen molar-refractivity contribution in [1.29, 1.82) is 0 Å². The smallest absolute Gasteiger partial charge is 0.504 e. The molecule has 1 atom stereocenters. The van der Waals surface area contributed by atoms with Crippen molar-refractivity contribution in [2.24, 2.45) is 0 Å². The second kappa shape index (κ2) is 28.2. The Morgan fingerprint density at radius 3 is 1.76 bits per heavy atom. The zero-order valence-electron chi connectivity index (χ0n) is 27.0. The third-order valence-electron chi connectivity index (χ3n) is 7.34. The van der Waals surface area contributed by atoms with Crippen molar-refractivity contribution >= 4 is 18.0 Å². The van der Waals surface area contributed by atoms with Crippen molar-refractivity contribution in [2.45, 2.75) is 143 Å². The number of anilines is 1. The Kier molecular flexibility index (Phi) is 27.1. The molecule has 0 spiro atoms. The SMILES string of the molecule is CCCCCCCCCCCCCCCCCCNC(=O)OCC(COC(=O)Nc1c(C)ccc[n+]1CC)OCC.[I-]. The van der Waals surface area contributed by atoms with E-state index in [4.69, 9.17) is 14.2 Å². The molecule has 42 heavy (non-hydrogen) atoms. The molecule has 1 aromatic heterocycles. The van der Waals surface area contributed by atoms with Gasteiger partial charge in [0.2, 0.25) is 0 Å². The van der Waals surface area contributed by atoms with Crippen LogP contribution in [0, 0.1) is 6.92 Å². The number of carbonyl (C=O) groups excluding carboxylic acids is 2. The van der Waals surface area contributed by atoms with Crippen LogP contribution in [0.2, 0.25) is 0 Å². The molecule has 8 nitrogen and oxygen atoms in total. The second-order valence-electron chi connectivity index (χ2n) is 11.0. The molecular formula is C33H60IN3O5. The summed E-state index contributed by atoms with van der Waals surface area (Å²) in [5, 5.41) is 5.60. The topological polar surface area (TPSA) is 89.8 Å². The number of alkyl carbamates (subject to hydrolysis) is 1. The summed E-state index contributed by atoms with van der Waals surface area (Å²) < 4.78 is 18.2. The van der Waals surface area contributed by atoms with Gasteiger partial charge in [0.15, 0.2) is 0 Å². The van der Waals surface area contributed by atoms with Crippen LogP contribution in [0.3, 0.4) is 0 Å². The number of nitrogens with zero attached hydrogens (tertiary/aromatic N) is 1. The zero-order chi connectivity index (χ0) is 30.0. The first-order valence-corrected chi connectivity index (χ1v) is 16.5. The van der Waals surface area contributed by atoms with Crippen molar-refractivity contribution in [1.82, 2.24) is 5.32 Å². The third kappa shape index (κ3) is 21.1. The summed E-state index contributed by atoms with van der Waals surface area (Å²) in [6.07, 6.45) is 21.5. The summed E-state index contributed by atoms with van der Waals surface area (Å²) in [6, 6.07) is 3.86. The van der Waals surface area contributed by atoms with Gasteiger partial charge in [-0.05, 0) is 39.3 Å². The minimum absolute atomic E-state index is 0. The van der Waals surface area contributed by atoms with Gasteiger partial charge in [-0.1, -0.05) is 103 Å². The van der Waals surface area contributed by atoms with Gasteiger partial charge >= 0.3 is 12.2 Å². The fraction of sp³-hybridized carbons (Fsp3) is 0.788. The highest BCUT2D eigenvalue weighted by molar-refractivity contribution is 5.83. The van der Waals surface area contributed by atoms with Crippen LogP contribution in [0.5, 0.6) is 0 Å². The molecule has 2 amide bonds. The average molecular weight is 706 g/mol. The Hall–Kier alpha value is -1.62. The molecule has 0 aliphatic rings. The molecule has 0 aromatic carbocycles. The molecule has 0 fully saturated rings. The fourth-order valence-electron chi connectivity index (χ4n) is 4.87. The number of rotatable bonds is 25. The van der Waals surface area contributed by atoms with Crippen molar-refractivity contribution < 1.29 is 52.3 Å². The van der Waals surface area contributed by atoms with E-state index in [1.807, 2.05) is 43.7 Å². The molecule has 1 aromatic rings. The molecule has 2 N–H and O–H groups in total. The number of carbonyl (C=O) groups is 2. The van der Waals surface area contributed by atoms with Crippen molar-refractivity contribution in [3.63, 3.8) is 0 Å². The van der Waals surface area contributed by atoms with Gasteiger partial charge in [0, 0.05) is 18.7 Å². The van der Waals surface area contributed by atoms with Crippen LogP contribution < -0.4 is 39.2 Å². The Labute approximate surface area is 273 Å². The predicted octanol–water partition coefficient (Wildman–Crippen LogP) is 5.25. The summed E-state index contributed by atoms with van der Waals surface area (Å²) in [7, 11) is 0.